The molecule has 2 aliphatic rings. The van der Waals surface area contributed by atoms with Crippen LogP contribution in [0.25, 0.3) is 0 Å². The van der Waals surface area contributed by atoms with Crippen molar-refractivity contribution in [3.8, 4) is 0 Å². The first-order chi connectivity index (χ1) is 10.1. The zero-order valence-corrected chi connectivity index (χ0v) is 14.1. The fourth-order valence-corrected chi connectivity index (χ4v) is 3.98. The Morgan fingerprint density at radius 3 is 2.52 bits per heavy atom. The van der Waals surface area contributed by atoms with Crippen molar-refractivity contribution >= 4 is 5.91 Å². The molecule has 0 spiro atoms. The fourth-order valence-electron chi connectivity index (χ4n) is 3.98. The molecule has 0 aromatic heterocycles. The third-order valence-corrected chi connectivity index (χ3v) is 5.06. The van der Waals surface area contributed by atoms with E-state index in [1.165, 1.54) is 25.7 Å². The van der Waals surface area contributed by atoms with Crippen molar-refractivity contribution in [2.45, 2.75) is 77.5 Å². The number of rotatable bonds is 7. The first-order valence-corrected chi connectivity index (χ1v) is 8.67. The minimum absolute atomic E-state index is 0.0215. The number of ether oxygens (including phenoxy) is 1. The molecule has 1 N–H and O–H groups in total. The van der Waals surface area contributed by atoms with Gasteiger partial charge in [0.2, 0.25) is 5.91 Å². The van der Waals surface area contributed by atoms with E-state index in [1.807, 2.05) is 0 Å². The molecule has 4 heteroatoms. The van der Waals surface area contributed by atoms with Gasteiger partial charge in [-0.1, -0.05) is 40.0 Å². The summed E-state index contributed by atoms with van der Waals surface area (Å²) in [5, 5.41) is 3.65. The molecule has 2 fully saturated rings. The Balaban J connectivity index is 2.19. The summed E-state index contributed by atoms with van der Waals surface area (Å²) in [7, 11) is 1.74. The number of hydrogen-bond donors (Lipinski definition) is 1. The molecule has 1 amide bonds. The predicted molar refractivity (Wildman–Crippen MR) is 84.9 cm³/mol. The summed E-state index contributed by atoms with van der Waals surface area (Å²) < 4.78 is 5.40. The van der Waals surface area contributed by atoms with Crippen LogP contribution >= 0.6 is 0 Å². The van der Waals surface area contributed by atoms with Crippen molar-refractivity contribution in [2.75, 3.05) is 13.7 Å². The van der Waals surface area contributed by atoms with E-state index in [0.29, 0.717) is 18.4 Å². The topological polar surface area (TPSA) is 41.6 Å². The molecule has 2 rings (SSSR count). The Hall–Kier alpha value is -0.610. The summed E-state index contributed by atoms with van der Waals surface area (Å²) in [6.45, 7) is 7.10. The maximum atomic E-state index is 12.9. The van der Waals surface area contributed by atoms with E-state index >= 15 is 0 Å². The van der Waals surface area contributed by atoms with E-state index in [1.54, 1.807) is 7.11 Å². The van der Waals surface area contributed by atoms with Crippen molar-refractivity contribution in [2.24, 2.45) is 11.8 Å². The zero-order chi connectivity index (χ0) is 15.4. The van der Waals surface area contributed by atoms with E-state index in [4.69, 9.17) is 4.74 Å². The number of hydrogen-bond acceptors (Lipinski definition) is 3. The summed E-state index contributed by atoms with van der Waals surface area (Å²) in [4.78, 5) is 15.1. The highest BCUT2D eigenvalue weighted by atomic mass is 16.5. The van der Waals surface area contributed by atoms with Gasteiger partial charge in [0.25, 0.3) is 0 Å². The van der Waals surface area contributed by atoms with Crippen LogP contribution in [0.1, 0.15) is 59.3 Å². The minimum atomic E-state index is -0.0215. The summed E-state index contributed by atoms with van der Waals surface area (Å²) in [6, 6.07) is 0.196. The fraction of sp³-hybridized carbons (Fsp3) is 0.941. The van der Waals surface area contributed by atoms with Gasteiger partial charge in [-0.05, 0) is 31.1 Å². The van der Waals surface area contributed by atoms with Gasteiger partial charge >= 0.3 is 0 Å². The molecule has 4 nitrogen and oxygen atoms in total. The van der Waals surface area contributed by atoms with Crippen LogP contribution in [-0.2, 0) is 9.53 Å². The molecule has 0 aromatic carbocycles. The van der Waals surface area contributed by atoms with Crippen molar-refractivity contribution in [1.29, 1.82) is 0 Å². The van der Waals surface area contributed by atoms with Crippen LogP contribution in [0, 0.1) is 11.8 Å². The summed E-state index contributed by atoms with van der Waals surface area (Å²) >= 11 is 0. The van der Waals surface area contributed by atoms with Crippen molar-refractivity contribution in [3.05, 3.63) is 0 Å². The Bertz CT molecular complexity index is 334. The molecule has 3 atom stereocenters. The summed E-state index contributed by atoms with van der Waals surface area (Å²) in [6.07, 6.45) is 7.44. The molecule has 1 saturated carbocycles. The summed E-state index contributed by atoms with van der Waals surface area (Å²) in [5.74, 6) is 1.25. The molecular weight excluding hydrogens is 264 g/mol. The van der Waals surface area contributed by atoms with E-state index < -0.39 is 0 Å². The molecule has 0 bridgehead atoms. The highest BCUT2D eigenvalue weighted by Crippen LogP contribution is 2.34. The maximum Gasteiger partial charge on any atom is 0.241 e. The molecule has 1 aliphatic carbocycles. The van der Waals surface area contributed by atoms with Gasteiger partial charge in [0, 0.05) is 7.11 Å². The number of nitrogens with zero attached hydrogens (tertiary/aromatic N) is 1. The third kappa shape index (κ3) is 3.59. The van der Waals surface area contributed by atoms with Crippen LogP contribution < -0.4 is 5.32 Å². The molecule has 122 valence electrons. The molecule has 3 unspecified atom stereocenters. The Labute approximate surface area is 129 Å². The SMILES string of the molecule is CCCC(COC)N1C(=O)C(C(C)C)NC1C1CCCC1. The normalized spacial score (nSPS) is 28.8. The highest BCUT2D eigenvalue weighted by molar-refractivity contribution is 5.85. The predicted octanol–water partition coefficient (Wildman–Crippen LogP) is 2.77. The summed E-state index contributed by atoms with van der Waals surface area (Å²) in [5.41, 5.74) is 0. The first-order valence-electron chi connectivity index (χ1n) is 8.67. The standard InChI is InChI=1S/C17H32N2O2/c1-5-8-14(11-21-4)19-16(13-9-6-7-10-13)18-15(12(2)3)17(19)20/h12-16,18H,5-11H2,1-4H3. The van der Waals surface area contributed by atoms with Crippen LogP contribution in [-0.4, -0.2) is 42.8 Å². The van der Waals surface area contributed by atoms with Gasteiger partial charge in [0.05, 0.1) is 24.9 Å². The lowest BCUT2D eigenvalue weighted by atomic mass is 10.0. The van der Waals surface area contributed by atoms with Gasteiger partial charge in [-0.25, -0.2) is 0 Å². The third-order valence-electron chi connectivity index (χ3n) is 5.06. The van der Waals surface area contributed by atoms with E-state index in [2.05, 4.69) is 31.0 Å². The van der Waals surface area contributed by atoms with Gasteiger partial charge < -0.3 is 9.64 Å². The smallest absolute Gasteiger partial charge is 0.241 e. The lowest BCUT2D eigenvalue weighted by Crippen LogP contribution is -2.49. The molecule has 1 heterocycles. The average molecular weight is 296 g/mol. The Kier molecular flexibility index (Phi) is 6.06. The van der Waals surface area contributed by atoms with Crippen LogP contribution in [0.15, 0.2) is 0 Å². The van der Waals surface area contributed by atoms with Crippen LogP contribution in [0.2, 0.25) is 0 Å². The average Bonchev–Trinajstić information content (AvgIpc) is 3.05. The second-order valence-electron chi connectivity index (χ2n) is 7.02. The minimum Gasteiger partial charge on any atom is -0.383 e. The van der Waals surface area contributed by atoms with Crippen LogP contribution in [0.4, 0.5) is 0 Å². The second-order valence-corrected chi connectivity index (χ2v) is 7.02. The molecule has 21 heavy (non-hydrogen) atoms. The van der Waals surface area contributed by atoms with Crippen LogP contribution in [0.3, 0.4) is 0 Å². The molecule has 1 saturated heterocycles. The monoisotopic (exact) mass is 296 g/mol. The number of carbonyl (C=O) groups is 1. The van der Waals surface area contributed by atoms with Gasteiger partial charge in [-0.15, -0.1) is 0 Å². The van der Waals surface area contributed by atoms with Gasteiger partial charge in [0.1, 0.15) is 0 Å². The van der Waals surface area contributed by atoms with Crippen molar-refractivity contribution in [3.63, 3.8) is 0 Å². The zero-order valence-electron chi connectivity index (χ0n) is 14.1. The first kappa shape index (κ1) is 16.8. The Morgan fingerprint density at radius 1 is 1.33 bits per heavy atom. The van der Waals surface area contributed by atoms with Gasteiger partial charge in [0.15, 0.2) is 0 Å². The van der Waals surface area contributed by atoms with E-state index in [-0.39, 0.29) is 24.2 Å². The van der Waals surface area contributed by atoms with Crippen LogP contribution in [0.5, 0.6) is 0 Å². The number of amides is 1. The molecule has 0 radical (unpaired) electrons. The maximum absolute atomic E-state index is 12.9. The highest BCUT2D eigenvalue weighted by Gasteiger charge is 2.46. The molecule has 0 aromatic rings. The number of nitrogens with one attached hydrogen (secondary N) is 1. The molecular formula is C17H32N2O2. The molecule has 1 aliphatic heterocycles. The number of carbonyl (C=O) groups excluding carboxylic acids is 1. The van der Waals surface area contributed by atoms with Crippen molar-refractivity contribution < 1.29 is 9.53 Å². The number of methoxy groups -OCH3 is 1. The lowest BCUT2D eigenvalue weighted by molar-refractivity contribution is -0.135. The quantitative estimate of drug-likeness (QED) is 0.785. The van der Waals surface area contributed by atoms with Crippen molar-refractivity contribution in [1.82, 2.24) is 10.2 Å². The van der Waals surface area contributed by atoms with Gasteiger partial charge in [-0.2, -0.15) is 0 Å². The van der Waals surface area contributed by atoms with Gasteiger partial charge in [-0.3, -0.25) is 10.1 Å². The Morgan fingerprint density at radius 2 is 2.00 bits per heavy atom. The lowest BCUT2D eigenvalue weighted by Gasteiger charge is -2.35. The van der Waals surface area contributed by atoms with E-state index in [0.717, 1.165) is 12.8 Å². The van der Waals surface area contributed by atoms with E-state index in [9.17, 15) is 4.79 Å². The second kappa shape index (κ2) is 7.59. The largest absolute Gasteiger partial charge is 0.383 e.